The number of methoxy groups -OCH3 is 1. The molecular formula is C10H21NO. The van der Waals surface area contributed by atoms with E-state index >= 15 is 0 Å². The molecule has 2 heteroatoms. The van der Waals surface area contributed by atoms with Crippen molar-refractivity contribution in [3.63, 3.8) is 0 Å². The molecule has 0 aliphatic heterocycles. The lowest BCUT2D eigenvalue weighted by Crippen LogP contribution is -2.37. The maximum absolute atomic E-state index is 5.08. The summed E-state index contributed by atoms with van der Waals surface area (Å²) in [5.74, 6) is 0.914. The zero-order chi connectivity index (χ0) is 8.97. The van der Waals surface area contributed by atoms with Gasteiger partial charge >= 0.3 is 0 Å². The Morgan fingerprint density at radius 1 is 1.50 bits per heavy atom. The topological polar surface area (TPSA) is 21.3 Å². The highest BCUT2D eigenvalue weighted by Gasteiger charge is 2.21. The molecule has 0 radical (unpaired) electrons. The summed E-state index contributed by atoms with van der Waals surface area (Å²) in [4.78, 5) is 0. The van der Waals surface area contributed by atoms with Gasteiger partial charge in [-0.3, -0.25) is 0 Å². The van der Waals surface area contributed by atoms with Crippen molar-refractivity contribution in [2.45, 2.75) is 45.2 Å². The Bertz CT molecular complexity index is 127. The van der Waals surface area contributed by atoms with E-state index in [4.69, 9.17) is 4.74 Å². The van der Waals surface area contributed by atoms with Gasteiger partial charge in [-0.15, -0.1) is 0 Å². The molecule has 12 heavy (non-hydrogen) atoms. The molecule has 1 rings (SSSR count). The van der Waals surface area contributed by atoms with E-state index in [1.54, 1.807) is 7.11 Å². The first-order chi connectivity index (χ1) is 5.72. The third-order valence-electron chi connectivity index (χ3n) is 2.63. The van der Waals surface area contributed by atoms with E-state index in [2.05, 4.69) is 19.2 Å². The minimum absolute atomic E-state index is 0.505. The zero-order valence-electron chi connectivity index (χ0n) is 8.47. The molecule has 1 saturated carbocycles. The smallest absolute Gasteiger partial charge is 0.0613 e. The molecule has 0 saturated heterocycles. The second-order valence-corrected chi connectivity index (χ2v) is 4.14. The first kappa shape index (κ1) is 10.0. The van der Waals surface area contributed by atoms with Crippen molar-refractivity contribution >= 4 is 0 Å². The molecule has 2 nitrogen and oxygen atoms in total. The summed E-state index contributed by atoms with van der Waals surface area (Å²) in [6.45, 7) is 5.35. The summed E-state index contributed by atoms with van der Waals surface area (Å²) < 4.78 is 5.08. The van der Waals surface area contributed by atoms with Crippen molar-refractivity contribution in [3.8, 4) is 0 Å². The van der Waals surface area contributed by atoms with E-state index in [9.17, 15) is 0 Å². The van der Waals surface area contributed by atoms with Crippen LogP contribution in [0.25, 0.3) is 0 Å². The van der Waals surface area contributed by atoms with Crippen molar-refractivity contribution in [1.82, 2.24) is 5.32 Å². The lowest BCUT2D eigenvalue weighted by atomic mass is 10.1. The molecule has 0 heterocycles. The van der Waals surface area contributed by atoms with Crippen LogP contribution in [0.15, 0.2) is 0 Å². The fourth-order valence-corrected chi connectivity index (χ4v) is 2.06. The lowest BCUT2D eigenvalue weighted by Gasteiger charge is -2.18. The van der Waals surface area contributed by atoms with Gasteiger partial charge in [0.05, 0.1) is 6.61 Å². The Kier molecular flexibility index (Phi) is 4.02. The number of rotatable bonds is 4. The van der Waals surface area contributed by atoms with Gasteiger partial charge in [0, 0.05) is 19.2 Å². The minimum atomic E-state index is 0.505. The van der Waals surface area contributed by atoms with Crippen LogP contribution in [0.4, 0.5) is 0 Å². The van der Waals surface area contributed by atoms with Crippen LogP contribution in [0.2, 0.25) is 0 Å². The second kappa shape index (κ2) is 4.83. The quantitative estimate of drug-likeness (QED) is 0.696. The van der Waals surface area contributed by atoms with Gasteiger partial charge in [-0.25, -0.2) is 0 Å². The monoisotopic (exact) mass is 171 g/mol. The number of hydrogen-bond acceptors (Lipinski definition) is 2. The van der Waals surface area contributed by atoms with E-state index < -0.39 is 0 Å². The third kappa shape index (κ3) is 3.11. The summed E-state index contributed by atoms with van der Waals surface area (Å²) in [6.07, 6.45) is 4.07. The standard InChI is InChI=1S/C10H21NO/c1-8-4-5-10(6-8)11-9(2)7-12-3/h8-11H,4-7H2,1-3H3/t8-,9+,10-/m1/s1. The first-order valence-electron chi connectivity index (χ1n) is 4.97. The molecule has 72 valence electrons. The van der Waals surface area contributed by atoms with Crippen LogP contribution in [0.5, 0.6) is 0 Å². The van der Waals surface area contributed by atoms with Crippen molar-refractivity contribution in [1.29, 1.82) is 0 Å². The number of ether oxygens (including phenoxy) is 1. The average Bonchev–Trinajstić information content (AvgIpc) is 2.36. The zero-order valence-corrected chi connectivity index (χ0v) is 8.47. The number of nitrogens with one attached hydrogen (secondary N) is 1. The predicted molar refractivity (Wildman–Crippen MR) is 51.3 cm³/mol. The molecule has 0 amide bonds. The highest BCUT2D eigenvalue weighted by molar-refractivity contribution is 4.80. The Labute approximate surface area is 75.7 Å². The van der Waals surface area contributed by atoms with Gasteiger partial charge in [0.15, 0.2) is 0 Å². The van der Waals surface area contributed by atoms with Crippen LogP contribution in [0.1, 0.15) is 33.1 Å². The van der Waals surface area contributed by atoms with E-state index in [1.807, 2.05) is 0 Å². The molecule has 1 aliphatic rings. The molecule has 1 N–H and O–H groups in total. The second-order valence-electron chi connectivity index (χ2n) is 4.14. The fraction of sp³-hybridized carbons (Fsp3) is 1.00. The van der Waals surface area contributed by atoms with Crippen molar-refractivity contribution in [3.05, 3.63) is 0 Å². The Balaban J connectivity index is 2.14. The fourth-order valence-electron chi connectivity index (χ4n) is 2.06. The highest BCUT2D eigenvalue weighted by atomic mass is 16.5. The van der Waals surface area contributed by atoms with E-state index in [-0.39, 0.29) is 0 Å². The third-order valence-corrected chi connectivity index (χ3v) is 2.63. The van der Waals surface area contributed by atoms with Crippen LogP contribution in [0.3, 0.4) is 0 Å². The van der Waals surface area contributed by atoms with Gasteiger partial charge in [0.1, 0.15) is 0 Å². The van der Waals surface area contributed by atoms with Gasteiger partial charge in [-0.2, -0.15) is 0 Å². The summed E-state index contributed by atoms with van der Waals surface area (Å²) in [7, 11) is 1.76. The Hall–Kier alpha value is -0.0800. The summed E-state index contributed by atoms with van der Waals surface area (Å²) in [5.41, 5.74) is 0. The van der Waals surface area contributed by atoms with E-state index in [0.717, 1.165) is 18.6 Å². The lowest BCUT2D eigenvalue weighted by molar-refractivity contribution is 0.166. The van der Waals surface area contributed by atoms with Crippen LogP contribution < -0.4 is 5.32 Å². The predicted octanol–water partition coefficient (Wildman–Crippen LogP) is 1.80. The van der Waals surface area contributed by atoms with Gasteiger partial charge in [0.25, 0.3) is 0 Å². The van der Waals surface area contributed by atoms with E-state index in [0.29, 0.717) is 6.04 Å². The van der Waals surface area contributed by atoms with Crippen LogP contribution in [-0.4, -0.2) is 25.8 Å². The molecule has 0 aromatic rings. The average molecular weight is 171 g/mol. The molecule has 3 atom stereocenters. The molecule has 0 bridgehead atoms. The molecule has 0 aromatic carbocycles. The molecule has 1 aliphatic carbocycles. The van der Waals surface area contributed by atoms with Gasteiger partial charge in [-0.1, -0.05) is 6.92 Å². The van der Waals surface area contributed by atoms with Crippen molar-refractivity contribution in [2.75, 3.05) is 13.7 Å². The molecule has 1 fully saturated rings. The largest absolute Gasteiger partial charge is 0.383 e. The molecular weight excluding hydrogens is 150 g/mol. The Morgan fingerprint density at radius 2 is 2.25 bits per heavy atom. The van der Waals surface area contributed by atoms with Crippen LogP contribution in [-0.2, 0) is 4.74 Å². The van der Waals surface area contributed by atoms with Gasteiger partial charge in [0.2, 0.25) is 0 Å². The van der Waals surface area contributed by atoms with Crippen molar-refractivity contribution in [2.24, 2.45) is 5.92 Å². The SMILES string of the molecule is COC[C@H](C)N[C@@H]1CC[C@@H](C)C1. The van der Waals surface area contributed by atoms with Gasteiger partial charge < -0.3 is 10.1 Å². The molecule has 0 aromatic heterocycles. The number of hydrogen-bond donors (Lipinski definition) is 1. The first-order valence-corrected chi connectivity index (χ1v) is 4.97. The van der Waals surface area contributed by atoms with Crippen LogP contribution in [0, 0.1) is 5.92 Å². The van der Waals surface area contributed by atoms with E-state index in [1.165, 1.54) is 19.3 Å². The highest BCUT2D eigenvalue weighted by Crippen LogP contribution is 2.24. The molecule has 0 spiro atoms. The normalized spacial score (nSPS) is 32.2. The summed E-state index contributed by atoms with van der Waals surface area (Å²) in [6, 6.07) is 1.25. The van der Waals surface area contributed by atoms with Crippen LogP contribution >= 0.6 is 0 Å². The Morgan fingerprint density at radius 3 is 2.75 bits per heavy atom. The minimum Gasteiger partial charge on any atom is -0.383 e. The van der Waals surface area contributed by atoms with Gasteiger partial charge in [-0.05, 0) is 32.1 Å². The maximum atomic E-state index is 5.08. The molecule has 0 unspecified atom stereocenters. The summed E-state index contributed by atoms with van der Waals surface area (Å²) >= 11 is 0. The van der Waals surface area contributed by atoms with Crippen molar-refractivity contribution < 1.29 is 4.74 Å². The maximum Gasteiger partial charge on any atom is 0.0613 e. The summed E-state index contributed by atoms with van der Waals surface area (Å²) in [5, 5.41) is 3.59.